The summed E-state index contributed by atoms with van der Waals surface area (Å²) in [5, 5.41) is 20.7. The van der Waals surface area contributed by atoms with Crippen molar-refractivity contribution in [1.29, 1.82) is 0 Å². The van der Waals surface area contributed by atoms with Gasteiger partial charge in [-0.3, -0.25) is 9.59 Å². The molecule has 0 spiro atoms. The van der Waals surface area contributed by atoms with Crippen LogP contribution in [-0.4, -0.2) is 28.7 Å². The van der Waals surface area contributed by atoms with E-state index < -0.39 is 17.9 Å². The molecule has 0 heterocycles. The molecular weight excluding hydrogens is 246 g/mol. The van der Waals surface area contributed by atoms with Crippen LogP contribution >= 0.6 is 0 Å². The van der Waals surface area contributed by atoms with Crippen molar-refractivity contribution in [2.75, 3.05) is 11.9 Å². The minimum absolute atomic E-state index is 0.103. The molecule has 0 aliphatic carbocycles. The maximum Gasteiger partial charge on any atom is 0.308 e. The van der Waals surface area contributed by atoms with Gasteiger partial charge in [0.2, 0.25) is 0 Å². The summed E-state index contributed by atoms with van der Waals surface area (Å²) in [6.07, 6.45) is -0.383. The van der Waals surface area contributed by atoms with Crippen LogP contribution in [0.2, 0.25) is 0 Å². The monoisotopic (exact) mass is 265 g/mol. The summed E-state index contributed by atoms with van der Waals surface area (Å²) in [7, 11) is 0. The minimum atomic E-state index is -1.11. The van der Waals surface area contributed by atoms with Crippen LogP contribution in [0.5, 0.6) is 0 Å². The molecule has 0 bridgehead atoms. The molecule has 0 saturated heterocycles. The zero-order valence-corrected chi connectivity index (χ0v) is 11.1. The van der Waals surface area contributed by atoms with Crippen molar-refractivity contribution in [3.63, 3.8) is 0 Å². The van der Waals surface area contributed by atoms with Crippen molar-refractivity contribution in [1.82, 2.24) is 0 Å². The molecule has 0 amide bonds. The van der Waals surface area contributed by atoms with Gasteiger partial charge in [0.05, 0.1) is 12.3 Å². The first-order chi connectivity index (χ1) is 8.91. The predicted molar refractivity (Wildman–Crippen MR) is 72.4 cm³/mol. The van der Waals surface area contributed by atoms with Gasteiger partial charge in [0.15, 0.2) is 0 Å². The Morgan fingerprint density at radius 3 is 2.37 bits per heavy atom. The van der Waals surface area contributed by atoms with Crippen LogP contribution in [0.4, 0.5) is 5.69 Å². The second-order valence-corrected chi connectivity index (χ2v) is 4.76. The Labute approximate surface area is 112 Å². The molecule has 0 aliphatic heterocycles. The van der Waals surface area contributed by atoms with E-state index in [2.05, 4.69) is 5.32 Å². The highest BCUT2D eigenvalue weighted by molar-refractivity contribution is 5.78. The third-order valence-electron chi connectivity index (χ3n) is 2.89. The standard InChI is InChI=1S/C14H19NO4/c1-9(2)11-5-3-4-6-12(11)15-8-10(14(18)19)7-13(16)17/h3-6,9-10,15H,7-8H2,1-2H3,(H,16,17)(H,18,19). The predicted octanol–water partition coefficient (Wildman–Crippen LogP) is 2.40. The van der Waals surface area contributed by atoms with Crippen molar-refractivity contribution in [3.8, 4) is 0 Å². The third-order valence-corrected chi connectivity index (χ3v) is 2.89. The number of para-hydroxylation sites is 1. The first-order valence-corrected chi connectivity index (χ1v) is 6.19. The average molecular weight is 265 g/mol. The fourth-order valence-electron chi connectivity index (χ4n) is 1.85. The number of carboxylic acids is 2. The highest BCUT2D eigenvalue weighted by Gasteiger charge is 2.21. The van der Waals surface area contributed by atoms with Gasteiger partial charge in [-0.15, -0.1) is 0 Å². The SMILES string of the molecule is CC(C)c1ccccc1NCC(CC(=O)O)C(=O)O. The van der Waals surface area contributed by atoms with Crippen molar-refractivity contribution in [2.24, 2.45) is 5.92 Å². The van der Waals surface area contributed by atoms with Crippen LogP contribution < -0.4 is 5.32 Å². The van der Waals surface area contributed by atoms with Gasteiger partial charge in [0, 0.05) is 12.2 Å². The second-order valence-electron chi connectivity index (χ2n) is 4.76. The molecule has 3 N–H and O–H groups in total. The molecule has 1 rings (SSSR count). The van der Waals surface area contributed by atoms with E-state index in [1.165, 1.54) is 0 Å². The molecular formula is C14H19NO4. The smallest absolute Gasteiger partial charge is 0.308 e. The highest BCUT2D eigenvalue weighted by Crippen LogP contribution is 2.24. The van der Waals surface area contributed by atoms with Gasteiger partial charge in [-0.2, -0.15) is 0 Å². The fourth-order valence-corrected chi connectivity index (χ4v) is 1.85. The molecule has 0 saturated carbocycles. The summed E-state index contributed by atoms with van der Waals surface area (Å²) in [4.78, 5) is 21.6. The normalized spacial score (nSPS) is 12.2. The van der Waals surface area contributed by atoms with Crippen LogP contribution in [0.15, 0.2) is 24.3 Å². The molecule has 0 aliphatic rings. The number of carbonyl (C=O) groups is 2. The minimum Gasteiger partial charge on any atom is -0.481 e. The highest BCUT2D eigenvalue weighted by atomic mass is 16.4. The van der Waals surface area contributed by atoms with Crippen LogP contribution in [0.1, 0.15) is 31.7 Å². The molecule has 5 nitrogen and oxygen atoms in total. The summed E-state index contributed by atoms with van der Waals surface area (Å²) >= 11 is 0. The fraction of sp³-hybridized carbons (Fsp3) is 0.429. The number of nitrogens with one attached hydrogen (secondary N) is 1. The quantitative estimate of drug-likeness (QED) is 0.704. The Kier molecular flexibility index (Phi) is 5.36. The van der Waals surface area contributed by atoms with E-state index in [9.17, 15) is 9.59 Å². The molecule has 1 aromatic rings. The molecule has 1 unspecified atom stereocenters. The molecule has 0 aromatic heterocycles. The van der Waals surface area contributed by atoms with Gasteiger partial charge in [-0.05, 0) is 17.5 Å². The number of aliphatic carboxylic acids is 2. The summed E-state index contributed by atoms with van der Waals surface area (Å²) < 4.78 is 0. The van der Waals surface area contributed by atoms with Crippen LogP contribution in [0.25, 0.3) is 0 Å². The molecule has 0 fully saturated rings. The lowest BCUT2D eigenvalue weighted by atomic mass is 10.0. The second kappa shape index (κ2) is 6.78. The summed E-state index contributed by atoms with van der Waals surface area (Å²) in [5.74, 6) is -2.83. The van der Waals surface area contributed by atoms with E-state index >= 15 is 0 Å². The van der Waals surface area contributed by atoms with E-state index in [0.717, 1.165) is 11.3 Å². The maximum atomic E-state index is 11.0. The van der Waals surface area contributed by atoms with Gasteiger partial charge in [-0.25, -0.2) is 0 Å². The van der Waals surface area contributed by atoms with Crippen LogP contribution in [0.3, 0.4) is 0 Å². The first kappa shape index (κ1) is 15.0. The molecule has 1 atom stereocenters. The van der Waals surface area contributed by atoms with Gasteiger partial charge in [0.1, 0.15) is 0 Å². The molecule has 1 aromatic carbocycles. The summed E-state index contributed by atoms with van der Waals surface area (Å²) in [5.41, 5.74) is 1.94. The van der Waals surface area contributed by atoms with E-state index in [4.69, 9.17) is 10.2 Å². The third kappa shape index (κ3) is 4.62. The van der Waals surface area contributed by atoms with E-state index in [1.54, 1.807) is 0 Å². The van der Waals surface area contributed by atoms with E-state index in [1.807, 2.05) is 38.1 Å². The van der Waals surface area contributed by atoms with Gasteiger partial charge < -0.3 is 15.5 Å². The Hall–Kier alpha value is -2.04. The molecule has 19 heavy (non-hydrogen) atoms. The lowest BCUT2D eigenvalue weighted by Crippen LogP contribution is -2.25. The van der Waals surface area contributed by atoms with Crippen molar-refractivity contribution in [2.45, 2.75) is 26.2 Å². The summed E-state index contributed by atoms with van der Waals surface area (Å²) in [6.45, 7) is 4.20. The van der Waals surface area contributed by atoms with Crippen molar-refractivity contribution in [3.05, 3.63) is 29.8 Å². The zero-order valence-electron chi connectivity index (χ0n) is 11.1. The Balaban J connectivity index is 2.74. The number of carboxylic acid groups (broad SMARTS) is 2. The lowest BCUT2D eigenvalue weighted by Gasteiger charge is -2.17. The average Bonchev–Trinajstić information content (AvgIpc) is 2.34. The number of hydrogen-bond donors (Lipinski definition) is 3. The molecule has 104 valence electrons. The number of anilines is 1. The van der Waals surface area contributed by atoms with Gasteiger partial charge >= 0.3 is 11.9 Å². The Bertz CT molecular complexity index is 457. The van der Waals surface area contributed by atoms with Gasteiger partial charge in [0.25, 0.3) is 0 Å². The molecule has 0 radical (unpaired) electrons. The number of rotatable bonds is 7. The van der Waals surface area contributed by atoms with Crippen LogP contribution in [-0.2, 0) is 9.59 Å². The first-order valence-electron chi connectivity index (χ1n) is 6.19. The van der Waals surface area contributed by atoms with E-state index in [-0.39, 0.29) is 13.0 Å². The maximum absolute atomic E-state index is 11.0. The topological polar surface area (TPSA) is 86.6 Å². The zero-order chi connectivity index (χ0) is 14.4. The largest absolute Gasteiger partial charge is 0.481 e. The van der Waals surface area contributed by atoms with Crippen molar-refractivity contribution >= 4 is 17.6 Å². The summed E-state index contributed by atoms with van der Waals surface area (Å²) in [6, 6.07) is 7.63. The lowest BCUT2D eigenvalue weighted by molar-refractivity contribution is -0.147. The van der Waals surface area contributed by atoms with E-state index in [0.29, 0.717) is 5.92 Å². The number of benzene rings is 1. The molecule has 5 heteroatoms. The van der Waals surface area contributed by atoms with Crippen molar-refractivity contribution < 1.29 is 19.8 Å². The Morgan fingerprint density at radius 1 is 1.21 bits per heavy atom. The number of hydrogen-bond acceptors (Lipinski definition) is 3. The van der Waals surface area contributed by atoms with Crippen LogP contribution in [0, 0.1) is 5.92 Å². The van der Waals surface area contributed by atoms with Gasteiger partial charge in [-0.1, -0.05) is 32.0 Å². The Morgan fingerprint density at radius 2 is 1.84 bits per heavy atom.